The highest BCUT2D eigenvalue weighted by molar-refractivity contribution is 6.34. The van der Waals surface area contributed by atoms with Crippen molar-refractivity contribution in [3.05, 3.63) is 27.5 Å². The third kappa shape index (κ3) is 2.75. The summed E-state index contributed by atoms with van der Waals surface area (Å²) in [5.74, 6) is -1.37. The van der Waals surface area contributed by atoms with Crippen LogP contribution in [0.25, 0.3) is 10.9 Å². The Labute approximate surface area is 124 Å². The van der Waals surface area contributed by atoms with Crippen LogP contribution in [0.3, 0.4) is 0 Å². The van der Waals surface area contributed by atoms with E-state index in [0.717, 1.165) is 4.57 Å². The Bertz CT molecular complexity index is 748. The van der Waals surface area contributed by atoms with Crippen LogP contribution < -0.4 is 5.32 Å². The second-order valence-electron chi connectivity index (χ2n) is 5.46. The molecular weight excluding hydrogens is 300 g/mol. The van der Waals surface area contributed by atoms with E-state index in [1.54, 1.807) is 20.8 Å². The molecule has 2 aromatic heterocycles. The summed E-state index contributed by atoms with van der Waals surface area (Å²) in [6.45, 7) is 5.41. The maximum absolute atomic E-state index is 12.2. The summed E-state index contributed by atoms with van der Waals surface area (Å²) < 4.78 is 1.15. The molecule has 2 heterocycles. The van der Waals surface area contributed by atoms with Crippen molar-refractivity contribution in [1.82, 2.24) is 14.9 Å². The van der Waals surface area contributed by atoms with E-state index >= 15 is 0 Å². The molecule has 21 heavy (non-hydrogen) atoms. The van der Waals surface area contributed by atoms with Gasteiger partial charge in [-0.15, -0.1) is 0 Å². The van der Waals surface area contributed by atoms with Gasteiger partial charge in [0.1, 0.15) is 5.52 Å². The van der Waals surface area contributed by atoms with Gasteiger partial charge in [-0.1, -0.05) is 0 Å². The number of halogens is 1. The number of fused-ring (bicyclic) bond motifs is 1. The van der Waals surface area contributed by atoms with E-state index in [0.29, 0.717) is 0 Å². The largest absolute Gasteiger partial charge is 0.500 e. The molecule has 0 aromatic carbocycles. The minimum Gasteiger partial charge on any atom is -0.500 e. The Hall–Kier alpha value is -2.35. The summed E-state index contributed by atoms with van der Waals surface area (Å²) in [5, 5.41) is 23.2. The van der Waals surface area contributed by atoms with E-state index < -0.39 is 28.1 Å². The molecule has 2 aromatic rings. The first kappa shape index (κ1) is 15.0. The molecule has 0 atom stereocenters. The van der Waals surface area contributed by atoms with Gasteiger partial charge in [-0.2, -0.15) is 0 Å². The van der Waals surface area contributed by atoms with E-state index in [2.05, 4.69) is 10.3 Å². The quantitative estimate of drug-likeness (QED) is 0.478. The molecule has 0 aliphatic rings. The van der Waals surface area contributed by atoms with Crippen LogP contribution in [0.1, 0.15) is 20.8 Å². The number of pyridine rings is 1. The van der Waals surface area contributed by atoms with Crippen LogP contribution in [0.4, 0.5) is 10.6 Å². The number of aromatic hydroxyl groups is 1. The second-order valence-corrected chi connectivity index (χ2v) is 5.82. The summed E-state index contributed by atoms with van der Waals surface area (Å²) in [4.78, 5) is 25.6. The first-order chi connectivity index (χ1) is 9.61. The first-order valence-electron chi connectivity index (χ1n) is 5.98. The van der Waals surface area contributed by atoms with Crippen LogP contribution in [0.5, 0.6) is 5.75 Å². The van der Waals surface area contributed by atoms with Crippen LogP contribution in [0.2, 0.25) is 5.15 Å². The number of hydrogen-bond acceptors (Lipinski definition) is 5. The van der Waals surface area contributed by atoms with Gasteiger partial charge in [0, 0.05) is 11.7 Å². The van der Waals surface area contributed by atoms with Gasteiger partial charge >= 0.3 is 11.8 Å². The molecule has 0 spiro atoms. The number of hydrogen-bond donors (Lipinski definition) is 2. The van der Waals surface area contributed by atoms with E-state index in [-0.39, 0.29) is 16.1 Å². The summed E-state index contributed by atoms with van der Waals surface area (Å²) in [5.41, 5.74) is -0.363. The van der Waals surface area contributed by atoms with Crippen LogP contribution in [0, 0.1) is 10.1 Å². The minimum absolute atomic E-state index is 0.0887. The molecule has 0 bridgehead atoms. The zero-order chi connectivity index (χ0) is 15.9. The van der Waals surface area contributed by atoms with Crippen molar-refractivity contribution in [2.24, 2.45) is 0 Å². The van der Waals surface area contributed by atoms with Gasteiger partial charge in [-0.25, -0.2) is 4.79 Å². The average Bonchev–Trinajstić information content (AvgIpc) is 2.76. The molecule has 0 radical (unpaired) electrons. The average molecular weight is 313 g/mol. The number of nitro groups is 1. The lowest BCUT2D eigenvalue weighted by molar-refractivity contribution is -0.390. The van der Waals surface area contributed by atoms with Crippen LogP contribution in [-0.2, 0) is 0 Å². The number of aromatic nitrogens is 2. The van der Waals surface area contributed by atoms with Crippen molar-refractivity contribution in [2.45, 2.75) is 26.3 Å². The molecule has 0 aliphatic heterocycles. The maximum atomic E-state index is 12.2. The van der Waals surface area contributed by atoms with Gasteiger partial charge in [0.2, 0.25) is 5.75 Å². The molecule has 0 unspecified atom stereocenters. The highest BCUT2D eigenvalue weighted by Crippen LogP contribution is 2.36. The van der Waals surface area contributed by atoms with Crippen molar-refractivity contribution in [2.75, 3.05) is 0 Å². The fourth-order valence-corrected chi connectivity index (χ4v) is 2.10. The number of nitrogens with one attached hydrogen (secondary N) is 1. The summed E-state index contributed by atoms with van der Waals surface area (Å²) >= 11 is 5.91. The normalized spacial score (nSPS) is 11.6. The van der Waals surface area contributed by atoms with Crippen molar-refractivity contribution in [3.8, 4) is 5.75 Å². The van der Waals surface area contributed by atoms with E-state index in [9.17, 15) is 20.0 Å². The topological polar surface area (TPSA) is 110 Å². The third-order valence-electron chi connectivity index (χ3n) is 2.63. The lowest BCUT2D eigenvalue weighted by Gasteiger charge is -2.20. The molecule has 1 amide bonds. The van der Waals surface area contributed by atoms with Gasteiger partial charge in [-0.3, -0.25) is 4.57 Å². The van der Waals surface area contributed by atoms with Crippen molar-refractivity contribution in [1.29, 1.82) is 0 Å². The molecule has 0 saturated carbocycles. The van der Waals surface area contributed by atoms with Gasteiger partial charge in [-0.05, 0) is 48.3 Å². The Balaban J connectivity index is 2.62. The van der Waals surface area contributed by atoms with Gasteiger partial charge in [0.05, 0.1) is 5.39 Å². The first-order valence-corrected chi connectivity index (χ1v) is 6.36. The number of carbonyl (C=O) groups is 1. The van der Waals surface area contributed by atoms with E-state index in [1.165, 1.54) is 12.3 Å². The van der Waals surface area contributed by atoms with Crippen LogP contribution in [-0.4, -0.2) is 31.2 Å². The van der Waals surface area contributed by atoms with Crippen LogP contribution in [0.15, 0.2) is 12.3 Å². The Kier molecular flexibility index (Phi) is 3.50. The lowest BCUT2D eigenvalue weighted by atomic mass is 10.1. The fourth-order valence-electron chi connectivity index (χ4n) is 1.83. The van der Waals surface area contributed by atoms with Crippen LogP contribution >= 0.6 is 11.6 Å². The molecule has 2 rings (SSSR count). The molecule has 0 saturated heterocycles. The summed E-state index contributed by atoms with van der Waals surface area (Å²) in [7, 11) is 0. The van der Waals surface area contributed by atoms with E-state index in [1.807, 2.05) is 0 Å². The Morgan fingerprint density at radius 1 is 1.52 bits per heavy atom. The maximum Gasteiger partial charge on any atom is 0.408 e. The number of rotatable bonds is 1. The molecule has 0 aliphatic carbocycles. The highest BCUT2D eigenvalue weighted by atomic mass is 35.5. The fraction of sp³-hybridized carbons (Fsp3) is 0.333. The summed E-state index contributed by atoms with van der Waals surface area (Å²) in [6.07, 6.45) is 1.36. The SMILES string of the molecule is CC(C)(C)NC(=O)n1ccc2c(O)c([N+](=O)[O-])nc(Cl)c21. The van der Waals surface area contributed by atoms with Crippen molar-refractivity contribution >= 4 is 34.4 Å². The lowest BCUT2D eigenvalue weighted by Crippen LogP contribution is -2.42. The standard InChI is InChI=1S/C12H13ClN4O4/c1-12(2,3)15-11(19)16-5-4-6-7(16)9(13)14-10(8(6)18)17(20)21/h4-5,18H,1-3H3,(H,15,19). The molecule has 9 heteroatoms. The zero-order valence-corrected chi connectivity index (χ0v) is 12.3. The molecule has 112 valence electrons. The van der Waals surface area contributed by atoms with E-state index in [4.69, 9.17) is 11.6 Å². The number of nitrogens with zero attached hydrogens (tertiary/aromatic N) is 3. The smallest absolute Gasteiger partial charge is 0.408 e. The van der Waals surface area contributed by atoms with Gasteiger partial charge in [0.15, 0.2) is 0 Å². The second kappa shape index (κ2) is 4.88. The molecular formula is C12H13ClN4O4. The van der Waals surface area contributed by atoms with Gasteiger partial charge < -0.3 is 20.5 Å². The van der Waals surface area contributed by atoms with Crippen molar-refractivity contribution in [3.63, 3.8) is 0 Å². The van der Waals surface area contributed by atoms with Gasteiger partial charge in [0.25, 0.3) is 5.15 Å². The predicted octanol–water partition coefficient (Wildman–Crippen LogP) is 2.66. The molecule has 0 fully saturated rings. The molecule has 8 nitrogen and oxygen atoms in total. The monoisotopic (exact) mass is 312 g/mol. The number of carbonyl (C=O) groups excluding carboxylic acids is 1. The minimum atomic E-state index is -0.840. The Morgan fingerprint density at radius 2 is 2.14 bits per heavy atom. The van der Waals surface area contributed by atoms with Crippen molar-refractivity contribution < 1.29 is 14.8 Å². The zero-order valence-electron chi connectivity index (χ0n) is 11.5. The number of amides is 1. The highest BCUT2D eigenvalue weighted by Gasteiger charge is 2.27. The Morgan fingerprint density at radius 3 is 2.67 bits per heavy atom. The summed E-state index contributed by atoms with van der Waals surface area (Å²) in [6, 6.07) is 0.891. The molecule has 2 N–H and O–H groups in total. The third-order valence-corrected chi connectivity index (χ3v) is 2.89. The predicted molar refractivity (Wildman–Crippen MR) is 76.7 cm³/mol.